The average Bonchev–Trinajstić information content (AvgIpc) is 2.98. The van der Waals surface area contributed by atoms with Gasteiger partial charge in [-0.15, -0.1) is 0 Å². The molecule has 0 saturated carbocycles. The average molecular weight is 423 g/mol. The van der Waals surface area contributed by atoms with Crippen LogP contribution in [0.25, 0.3) is 0 Å². The smallest absolute Gasteiger partial charge is 0.267 e. The van der Waals surface area contributed by atoms with Crippen molar-refractivity contribution in [3.05, 3.63) is 107 Å². The van der Waals surface area contributed by atoms with Gasteiger partial charge in [0.05, 0.1) is 12.4 Å². The lowest BCUT2D eigenvalue weighted by atomic mass is 9.93. The number of benzene rings is 3. The molecule has 0 aliphatic carbocycles. The highest BCUT2D eigenvalue weighted by Crippen LogP contribution is 2.46. The van der Waals surface area contributed by atoms with E-state index < -0.39 is 21.6 Å². The fraction of sp³-hybridized carbons (Fsp3) is 0.174. The van der Waals surface area contributed by atoms with Crippen LogP contribution in [0, 0.1) is 0 Å². The van der Waals surface area contributed by atoms with E-state index in [1.54, 1.807) is 17.0 Å². The number of ether oxygens (including phenoxy) is 1. The lowest BCUT2D eigenvalue weighted by Gasteiger charge is -2.39. The quantitative estimate of drug-likeness (QED) is 0.589. The van der Waals surface area contributed by atoms with Gasteiger partial charge in [-0.1, -0.05) is 78.9 Å². The van der Waals surface area contributed by atoms with E-state index >= 15 is 0 Å². The molecule has 1 atom stereocenters. The lowest BCUT2D eigenvalue weighted by Crippen LogP contribution is -2.47. The van der Waals surface area contributed by atoms with Crippen LogP contribution in [0.5, 0.6) is 0 Å². The molecule has 0 radical (unpaired) electrons. The number of hydrogen-bond donors (Lipinski definition) is 1. The lowest BCUT2D eigenvalue weighted by molar-refractivity contribution is -0.106. The van der Waals surface area contributed by atoms with Crippen LogP contribution in [-0.2, 0) is 27.1 Å². The Hall–Kier alpha value is -3.00. The van der Waals surface area contributed by atoms with Crippen molar-refractivity contribution in [1.82, 2.24) is 4.90 Å². The Morgan fingerprint density at radius 3 is 2.13 bits per heavy atom. The zero-order chi connectivity index (χ0) is 21.2. The van der Waals surface area contributed by atoms with Gasteiger partial charge >= 0.3 is 0 Å². The Morgan fingerprint density at radius 1 is 0.867 bits per heavy atom. The summed E-state index contributed by atoms with van der Waals surface area (Å²) in [6, 6.07) is 25.9. The van der Waals surface area contributed by atoms with Crippen LogP contribution in [0.15, 0.2) is 84.9 Å². The Labute approximate surface area is 175 Å². The first kappa shape index (κ1) is 20.3. The van der Waals surface area contributed by atoms with Crippen molar-refractivity contribution in [2.45, 2.75) is 12.3 Å². The van der Waals surface area contributed by atoms with Crippen LogP contribution >= 0.6 is 0 Å². The summed E-state index contributed by atoms with van der Waals surface area (Å²) in [7, 11) is -4.22. The van der Waals surface area contributed by atoms with E-state index in [0.717, 1.165) is 5.56 Å². The third-order valence-corrected chi connectivity index (χ3v) is 5.83. The van der Waals surface area contributed by atoms with Crippen molar-refractivity contribution in [2.24, 2.45) is 0 Å². The molecule has 154 valence electrons. The SMILES string of the molecule is O=C1c2ccccc2C(OCCS(=O)(=O)O)(c2ccccc2)N1Cc1ccccc1. The first-order chi connectivity index (χ1) is 14.4. The summed E-state index contributed by atoms with van der Waals surface area (Å²) in [5, 5.41) is 0. The van der Waals surface area contributed by atoms with Crippen LogP contribution in [0.1, 0.15) is 27.0 Å². The van der Waals surface area contributed by atoms with E-state index in [9.17, 15) is 17.8 Å². The predicted molar refractivity (Wildman–Crippen MR) is 112 cm³/mol. The molecule has 3 aromatic carbocycles. The van der Waals surface area contributed by atoms with E-state index in [4.69, 9.17) is 4.74 Å². The number of carbonyl (C=O) groups excluding carboxylic acids is 1. The van der Waals surface area contributed by atoms with Crippen LogP contribution in [0.2, 0.25) is 0 Å². The molecule has 0 fully saturated rings. The third-order valence-electron chi connectivity index (χ3n) is 5.15. The Bertz CT molecular complexity index is 1150. The maximum absolute atomic E-state index is 13.4. The number of hydrogen-bond acceptors (Lipinski definition) is 4. The number of carbonyl (C=O) groups is 1. The van der Waals surface area contributed by atoms with Crippen molar-refractivity contribution in [3.63, 3.8) is 0 Å². The monoisotopic (exact) mass is 423 g/mol. The molecule has 4 rings (SSSR count). The molecule has 0 spiro atoms. The standard InChI is InChI=1S/C23H21NO5S/c25-22-20-13-7-8-14-21(20)23(19-11-5-2-6-12-19,29-15-16-30(26,27)28)24(22)17-18-9-3-1-4-10-18/h1-14H,15-17H2,(H,26,27,28). The Balaban J connectivity index is 1.86. The van der Waals surface area contributed by atoms with Gasteiger partial charge in [0.15, 0.2) is 5.72 Å². The van der Waals surface area contributed by atoms with Crippen molar-refractivity contribution in [3.8, 4) is 0 Å². The van der Waals surface area contributed by atoms with Gasteiger partial charge in [0, 0.05) is 23.2 Å². The maximum Gasteiger partial charge on any atom is 0.267 e. The van der Waals surface area contributed by atoms with Gasteiger partial charge in [0.2, 0.25) is 0 Å². The molecule has 6 nitrogen and oxygen atoms in total. The highest BCUT2D eigenvalue weighted by atomic mass is 32.2. The molecular weight excluding hydrogens is 402 g/mol. The van der Waals surface area contributed by atoms with E-state index in [0.29, 0.717) is 16.7 Å². The van der Waals surface area contributed by atoms with Gasteiger partial charge in [-0.05, 0) is 11.6 Å². The number of amides is 1. The molecule has 1 aliphatic heterocycles. The van der Waals surface area contributed by atoms with Crippen molar-refractivity contribution in [2.75, 3.05) is 12.4 Å². The predicted octanol–water partition coefficient (Wildman–Crippen LogP) is 3.45. The molecule has 1 heterocycles. The molecule has 0 aromatic heterocycles. The highest BCUT2D eigenvalue weighted by molar-refractivity contribution is 7.85. The van der Waals surface area contributed by atoms with Crippen LogP contribution in [0.4, 0.5) is 0 Å². The van der Waals surface area contributed by atoms with Gasteiger partial charge in [0.25, 0.3) is 16.0 Å². The summed E-state index contributed by atoms with van der Waals surface area (Å²) < 4.78 is 38.1. The Morgan fingerprint density at radius 2 is 1.47 bits per heavy atom. The number of fused-ring (bicyclic) bond motifs is 1. The first-order valence-electron chi connectivity index (χ1n) is 9.52. The zero-order valence-corrected chi connectivity index (χ0v) is 17.0. The molecule has 0 bridgehead atoms. The Kier molecular flexibility index (Phi) is 5.42. The van der Waals surface area contributed by atoms with Crippen LogP contribution in [-0.4, -0.2) is 36.1 Å². The summed E-state index contributed by atoms with van der Waals surface area (Å²) in [5.74, 6) is -0.776. The first-order valence-corrected chi connectivity index (χ1v) is 11.1. The molecule has 1 aliphatic rings. The normalized spacial score (nSPS) is 18.4. The van der Waals surface area contributed by atoms with E-state index in [1.165, 1.54) is 0 Å². The second kappa shape index (κ2) is 8.02. The minimum Gasteiger partial charge on any atom is -0.346 e. The summed E-state index contributed by atoms with van der Waals surface area (Å²) in [6.07, 6.45) is 0. The van der Waals surface area contributed by atoms with E-state index in [2.05, 4.69) is 0 Å². The summed E-state index contributed by atoms with van der Waals surface area (Å²) in [6.45, 7) is -0.00421. The molecule has 1 N–H and O–H groups in total. The zero-order valence-electron chi connectivity index (χ0n) is 16.1. The fourth-order valence-corrected chi connectivity index (χ4v) is 4.15. The van der Waals surface area contributed by atoms with Crippen molar-refractivity contribution < 1.29 is 22.5 Å². The minimum absolute atomic E-state index is 0.204. The molecule has 7 heteroatoms. The summed E-state index contributed by atoms with van der Waals surface area (Å²) in [4.78, 5) is 15.0. The van der Waals surface area contributed by atoms with Gasteiger partial charge in [-0.2, -0.15) is 8.42 Å². The molecular formula is C23H21NO5S. The largest absolute Gasteiger partial charge is 0.346 e. The molecule has 1 amide bonds. The van der Waals surface area contributed by atoms with E-state index in [1.807, 2.05) is 72.8 Å². The second-order valence-electron chi connectivity index (χ2n) is 7.07. The summed E-state index contributed by atoms with van der Waals surface area (Å²) >= 11 is 0. The maximum atomic E-state index is 13.4. The van der Waals surface area contributed by atoms with Crippen molar-refractivity contribution >= 4 is 16.0 Å². The topological polar surface area (TPSA) is 83.9 Å². The molecule has 0 saturated heterocycles. The van der Waals surface area contributed by atoms with Crippen LogP contribution in [0.3, 0.4) is 0 Å². The third kappa shape index (κ3) is 3.75. The minimum atomic E-state index is -4.22. The van der Waals surface area contributed by atoms with Crippen LogP contribution < -0.4 is 0 Å². The van der Waals surface area contributed by atoms with Gasteiger partial charge in [-0.25, -0.2) is 0 Å². The molecule has 3 aromatic rings. The molecule has 30 heavy (non-hydrogen) atoms. The number of nitrogens with zero attached hydrogens (tertiary/aromatic N) is 1. The fourth-order valence-electron chi connectivity index (χ4n) is 3.86. The van der Waals surface area contributed by atoms with Crippen molar-refractivity contribution in [1.29, 1.82) is 0 Å². The highest BCUT2D eigenvalue weighted by Gasteiger charge is 2.52. The van der Waals surface area contributed by atoms with Gasteiger partial charge in [0.1, 0.15) is 0 Å². The summed E-state index contributed by atoms with van der Waals surface area (Å²) in [5.41, 5.74) is 1.46. The molecule has 1 unspecified atom stereocenters. The van der Waals surface area contributed by atoms with Gasteiger partial charge < -0.3 is 4.74 Å². The number of rotatable bonds is 7. The van der Waals surface area contributed by atoms with E-state index in [-0.39, 0.29) is 19.1 Å². The van der Waals surface area contributed by atoms with Gasteiger partial charge in [-0.3, -0.25) is 14.2 Å². The second-order valence-corrected chi connectivity index (χ2v) is 8.64.